The van der Waals surface area contributed by atoms with Crippen LogP contribution in [0.3, 0.4) is 0 Å². The van der Waals surface area contributed by atoms with E-state index in [0.717, 1.165) is 32.5 Å². The summed E-state index contributed by atoms with van der Waals surface area (Å²) in [6, 6.07) is 4.11. The van der Waals surface area contributed by atoms with Gasteiger partial charge in [0.15, 0.2) is 10.4 Å². The predicted molar refractivity (Wildman–Crippen MR) is 86.5 cm³/mol. The standard InChI is InChI=1S/C13H15ClN4S2/c1-4-17-12-11(7(2)16-17)15-13(19)18(12)8(3)9-5-6-10(14)20-9/h5-6,8H,4H2,1-3H3,(H,15,19). The number of imidazole rings is 1. The molecule has 3 rings (SSSR count). The Bertz CT molecular complexity index is 823. The number of aromatic amines is 1. The quantitative estimate of drug-likeness (QED) is 0.717. The number of aryl methyl sites for hydroxylation is 2. The van der Waals surface area contributed by atoms with Crippen molar-refractivity contribution in [2.75, 3.05) is 0 Å². The number of halogens is 1. The van der Waals surface area contributed by atoms with Crippen LogP contribution in [0.1, 0.15) is 30.5 Å². The molecule has 0 saturated heterocycles. The van der Waals surface area contributed by atoms with Gasteiger partial charge in [0.05, 0.1) is 16.1 Å². The number of fused-ring (bicyclic) bond motifs is 1. The fourth-order valence-electron chi connectivity index (χ4n) is 2.48. The van der Waals surface area contributed by atoms with Gasteiger partial charge in [0, 0.05) is 11.4 Å². The van der Waals surface area contributed by atoms with E-state index in [0.29, 0.717) is 0 Å². The van der Waals surface area contributed by atoms with Gasteiger partial charge in [-0.1, -0.05) is 11.6 Å². The molecule has 0 fully saturated rings. The SMILES string of the molecule is CCn1nc(C)c2[nH]c(=S)n(C(C)c3ccc(Cl)s3)c21. The summed E-state index contributed by atoms with van der Waals surface area (Å²) in [6.45, 7) is 7.03. The maximum atomic E-state index is 6.04. The number of nitrogens with one attached hydrogen (secondary N) is 1. The molecule has 0 amide bonds. The summed E-state index contributed by atoms with van der Waals surface area (Å²) >= 11 is 13.1. The molecule has 4 nitrogen and oxygen atoms in total. The first-order valence-corrected chi connectivity index (χ1v) is 8.06. The van der Waals surface area contributed by atoms with Crippen molar-refractivity contribution in [3.05, 3.63) is 31.8 Å². The lowest BCUT2D eigenvalue weighted by Crippen LogP contribution is -2.09. The van der Waals surface area contributed by atoms with Gasteiger partial charge >= 0.3 is 0 Å². The van der Waals surface area contributed by atoms with E-state index in [1.807, 2.05) is 17.7 Å². The van der Waals surface area contributed by atoms with Crippen LogP contribution in [0.25, 0.3) is 11.2 Å². The molecule has 0 spiro atoms. The van der Waals surface area contributed by atoms with Gasteiger partial charge in [-0.15, -0.1) is 11.3 Å². The van der Waals surface area contributed by atoms with Gasteiger partial charge in [-0.05, 0) is 45.1 Å². The normalized spacial score (nSPS) is 13.2. The molecular weight excluding hydrogens is 312 g/mol. The fraction of sp³-hybridized carbons (Fsp3) is 0.385. The van der Waals surface area contributed by atoms with Crippen LogP contribution >= 0.6 is 35.2 Å². The van der Waals surface area contributed by atoms with Crippen LogP contribution in [0, 0.1) is 11.7 Å². The first-order chi connectivity index (χ1) is 9.52. The second kappa shape index (κ2) is 5.02. The smallest absolute Gasteiger partial charge is 0.179 e. The van der Waals surface area contributed by atoms with E-state index in [4.69, 9.17) is 23.8 Å². The average molecular weight is 327 g/mol. The van der Waals surface area contributed by atoms with Crippen molar-refractivity contribution in [1.82, 2.24) is 19.3 Å². The molecule has 3 aromatic heterocycles. The molecular formula is C13H15ClN4S2. The molecule has 106 valence electrons. The average Bonchev–Trinajstić information content (AvgIpc) is 3.05. The zero-order valence-electron chi connectivity index (χ0n) is 11.5. The maximum Gasteiger partial charge on any atom is 0.179 e. The van der Waals surface area contributed by atoms with E-state index in [9.17, 15) is 0 Å². The van der Waals surface area contributed by atoms with Crippen LogP contribution in [0.4, 0.5) is 0 Å². The monoisotopic (exact) mass is 326 g/mol. The Labute approximate surface area is 131 Å². The van der Waals surface area contributed by atoms with E-state index in [1.165, 1.54) is 4.88 Å². The fourth-order valence-corrected chi connectivity index (χ4v) is 3.93. The zero-order chi connectivity index (χ0) is 14.4. The van der Waals surface area contributed by atoms with Gasteiger partial charge in [-0.2, -0.15) is 5.10 Å². The summed E-state index contributed by atoms with van der Waals surface area (Å²) in [4.78, 5) is 4.46. The number of hydrogen-bond donors (Lipinski definition) is 1. The van der Waals surface area contributed by atoms with Crippen LogP contribution in [0.2, 0.25) is 4.34 Å². The Hall–Kier alpha value is -1.11. The lowest BCUT2D eigenvalue weighted by atomic mass is 10.3. The number of hydrogen-bond acceptors (Lipinski definition) is 3. The minimum absolute atomic E-state index is 0.134. The Kier molecular flexibility index (Phi) is 3.48. The van der Waals surface area contributed by atoms with Crippen LogP contribution in [0.15, 0.2) is 12.1 Å². The highest BCUT2D eigenvalue weighted by atomic mass is 35.5. The number of rotatable bonds is 3. The van der Waals surface area contributed by atoms with Gasteiger partial charge < -0.3 is 4.98 Å². The number of H-pyrrole nitrogens is 1. The van der Waals surface area contributed by atoms with E-state index >= 15 is 0 Å². The van der Waals surface area contributed by atoms with Crippen LogP contribution in [-0.2, 0) is 6.54 Å². The maximum absolute atomic E-state index is 6.04. The van der Waals surface area contributed by atoms with Crippen molar-refractivity contribution < 1.29 is 0 Å². The lowest BCUT2D eigenvalue weighted by molar-refractivity contribution is 0.602. The highest BCUT2D eigenvalue weighted by Gasteiger charge is 2.19. The van der Waals surface area contributed by atoms with Crippen LogP contribution < -0.4 is 0 Å². The Morgan fingerprint density at radius 2 is 2.25 bits per heavy atom. The molecule has 0 bridgehead atoms. The minimum atomic E-state index is 0.134. The van der Waals surface area contributed by atoms with Gasteiger partial charge in [0.1, 0.15) is 5.52 Å². The molecule has 7 heteroatoms. The molecule has 3 heterocycles. The summed E-state index contributed by atoms with van der Waals surface area (Å²) in [5.74, 6) is 0. The molecule has 0 radical (unpaired) electrons. The van der Waals surface area contributed by atoms with Crippen molar-refractivity contribution >= 4 is 46.3 Å². The minimum Gasteiger partial charge on any atom is -0.328 e. The largest absolute Gasteiger partial charge is 0.328 e. The van der Waals surface area contributed by atoms with Crippen molar-refractivity contribution in [1.29, 1.82) is 0 Å². The third-order valence-corrected chi connectivity index (χ3v) is 5.17. The van der Waals surface area contributed by atoms with Crippen molar-refractivity contribution in [2.24, 2.45) is 0 Å². The van der Waals surface area contributed by atoms with E-state index < -0.39 is 0 Å². The van der Waals surface area contributed by atoms with Gasteiger partial charge in [0.25, 0.3) is 0 Å². The number of aromatic nitrogens is 4. The summed E-state index contributed by atoms with van der Waals surface area (Å²) in [5, 5.41) is 4.55. The third kappa shape index (κ3) is 2.03. The molecule has 0 saturated carbocycles. The molecule has 1 atom stereocenters. The Morgan fingerprint density at radius 3 is 2.85 bits per heavy atom. The van der Waals surface area contributed by atoms with Crippen molar-refractivity contribution in [2.45, 2.75) is 33.4 Å². The molecule has 0 aliphatic heterocycles. The molecule has 0 aliphatic rings. The predicted octanol–water partition coefficient (Wildman–Crippen LogP) is 4.55. The lowest BCUT2D eigenvalue weighted by Gasteiger charge is -2.13. The second-order valence-corrected chi connectivity index (χ2v) is 6.85. The summed E-state index contributed by atoms with van der Waals surface area (Å²) in [5.41, 5.74) is 3.04. The number of nitrogens with zero attached hydrogens (tertiary/aromatic N) is 3. The summed E-state index contributed by atoms with van der Waals surface area (Å²) < 4.78 is 5.63. The molecule has 0 aromatic carbocycles. The first-order valence-electron chi connectivity index (χ1n) is 6.45. The van der Waals surface area contributed by atoms with Crippen LogP contribution in [0.5, 0.6) is 0 Å². The first kappa shape index (κ1) is 13.9. The highest BCUT2D eigenvalue weighted by Crippen LogP contribution is 2.32. The molecule has 3 aromatic rings. The molecule has 1 N–H and O–H groups in total. The summed E-state index contributed by atoms with van der Waals surface area (Å²) in [7, 11) is 0. The topological polar surface area (TPSA) is 38.5 Å². The second-order valence-electron chi connectivity index (χ2n) is 4.72. The van der Waals surface area contributed by atoms with Crippen molar-refractivity contribution in [3.63, 3.8) is 0 Å². The van der Waals surface area contributed by atoms with E-state index in [2.05, 4.69) is 34.6 Å². The van der Waals surface area contributed by atoms with Gasteiger partial charge in [-0.25, -0.2) is 4.68 Å². The Balaban J connectivity index is 2.25. The zero-order valence-corrected chi connectivity index (χ0v) is 13.9. The number of thiophene rings is 1. The third-order valence-electron chi connectivity index (χ3n) is 3.47. The van der Waals surface area contributed by atoms with Gasteiger partial charge in [-0.3, -0.25) is 4.57 Å². The van der Waals surface area contributed by atoms with Crippen molar-refractivity contribution in [3.8, 4) is 0 Å². The summed E-state index contributed by atoms with van der Waals surface area (Å²) in [6.07, 6.45) is 0. The van der Waals surface area contributed by atoms with Crippen LogP contribution in [-0.4, -0.2) is 19.3 Å². The van der Waals surface area contributed by atoms with E-state index in [1.54, 1.807) is 11.3 Å². The van der Waals surface area contributed by atoms with Gasteiger partial charge in [0.2, 0.25) is 0 Å². The van der Waals surface area contributed by atoms with E-state index in [-0.39, 0.29) is 6.04 Å². The molecule has 20 heavy (non-hydrogen) atoms. The highest BCUT2D eigenvalue weighted by molar-refractivity contribution is 7.71. The Morgan fingerprint density at radius 1 is 1.50 bits per heavy atom. The molecule has 0 aliphatic carbocycles. The molecule has 1 unspecified atom stereocenters.